The Morgan fingerprint density at radius 2 is 2.17 bits per heavy atom. The van der Waals surface area contributed by atoms with Gasteiger partial charge in [-0.05, 0) is 36.3 Å². The molecular formula is C15H23BrN2. The predicted octanol–water partition coefficient (Wildman–Crippen LogP) is 3.62. The highest BCUT2D eigenvalue weighted by atomic mass is 79.9. The minimum atomic E-state index is 0.250. The van der Waals surface area contributed by atoms with Crippen LogP contribution in [0.15, 0.2) is 28.7 Å². The summed E-state index contributed by atoms with van der Waals surface area (Å²) in [4.78, 5) is 0. The maximum absolute atomic E-state index is 5.94. The van der Waals surface area contributed by atoms with E-state index < -0.39 is 0 Å². The zero-order chi connectivity index (χ0) is 13.2. The van der Waals surface area contributed by atoms with Gasteiger partial charge in [0.15, 0.2) is 0 Å². The van der Waals surface area contributed by atoms with E-state index in [1.807, 2.05) is 6.07 Å². The summed E-state index contributed by atoms with van der Waals surface area (Å²) >= 11 is 3.61. The number of rotatable bonds is 4. The Morgan fingerprint density at radius 3 is 2.72 bits per heavy atom. The fraction of sp³-hybridized carbons (Fsp3) is 0.600. The van der Waals surface area contributed by atoms with Crippen LogP contribution in [-0.4, -0.2) is 12.6 Å². The molecule has 3 heteroatoms. The zero-order valence-electron chi connectivity index (χ0n) is 11.2. The van der Waals surface area contributed by atoms with E-state index in [0.29, 0.717) is 18.0 Å². The second kappa shape index (κ2) is 5.72. The quantitative estimate of drug-likeness (QED) is 0.891. The lowest BCUT2D eigenvalue weighted by molar-refractivity contribution is 0.353. The molecule has 3 N–H and O–H groups in total. The fourth-order valence-corrected chi connectivity index (χ4v) is 3.47. The number of nitrogens with one attached hydrogen (secondary N) is 1. The molecule has 1 aromatic carbocycles. The van der Waals surface area contributed by atoms with Crippen LogP contribution in [-0.2, 0) is 0 Å². The van der Waals surface area contributed by atoms with Crippen LogP contribution in [0, 0.1) is 5.41 Å². The SMILES string of the molecule is CC1(C)CCC(NC(CN)c2ccccc2Br)C1. The second-order valence-corrected chi connectivity index (χ2v) is 6.93. The van der Waals surface area contributed by atoms with Gasteiger partial charge in [0.25, 0.3) is 0 Å². The molecule has 0 spiro atoms. The van der Waals surface area contributed by atoms with Crippen molar-refractivity contribution < 1.29 is 0 Å². The Bertz CT molecular complexity index is 403. The van der Waals surface area contributed by atoms with Crippen molar-refractivity contribution in [2.45, 2.75) is 45.2 Å². The van der Waals surface area contributed by atoms with Crippen LogP contribution in [0.3, 0.4) is 0 Å². The first kappa shape index (κ1) is 14.0. The molecule has 0 aliphatic heterocycles. The highest BCUT2D eigenvalue weighted by Gasteiger charge is 2.32. The molecular weight excluding hydrogens is 288 g/mol. The highest BCUT2D eigenvalue weighted by Crippen LogP contribution is 2.38. The molecule has 1 fully saturated rings. The molecule has 2 atom stereocenters. The highest BCUT2D eigenvalue weighted by molar-refractivity contribution is 9.10. The van der Waals surface area contributed by atoms with Gasteiger partial charge >= 0.3 is 0 Å². The van der Waals surface area contributed by atoms with Gasteiger partial charge < -0.3 is 11.1 Å². The molecule has 0 aromatic heterocycles. The van der Waals surface area contributed by atoms with Crippen LogP contribution in [0.25, 0.3) is 0 Å². The molecule has 0 heterocycles. The number of hydrogen-bond acceptors (Lipinski definition) is 2. The Labute approximate surface area is 118 Å². The van der Waals surface area contributed by atoms with Crippen molar-refractivity contribution in [3.05, 3.63) is 34.3 Å². The van der Waals surface area contributed by atoms with Crippen LogP contribution in [0.1, 0.15) is 44.7 Å². The van der Waals surface area contributed by atoms with Gasteiger partial charge in [-0.3, -0.25) is 0 Å². The lowest BCUT2D eigenvalue weighted by atomic mass is 9.91. The molecule has 100 valence electrons. The summed E-state index contributed by atoms with van der Waals surface area (Å²) in [6.45, 7) is 5.34. The topological polar surface area (TPSA) is 38.0 Å². The molecule has 0 saturated heterocycles. The molecule has 2 nitrogen and oxygen atoms in total. The third-order valence-corrected chi connectivity index (χ3v) is 4.64. The van der Waals surface area contributed by atoms with Gasteiger partial charge in [-0.15, -0.1) is 0 Å². The predicted molar refractivity (Wildman–Crippen MR) is 80.5 cm³/mol. The first-order valence-corrected chi connectivity index (χ1v) is 7.52. The standard InChI is InChI=1S/C15H23BrN2/c1-15(2)8-7-11(9-15)18-14(10-17)12-5-3-4-6-13(12)16/h3-6,11,14,18H,7-10,17H2,1-2H3. The normalized spacial score (nSPS) is 24.1. The monoisotopic (exact) mass is 310 g/mol. The number of hydrogen-bond donors (Lipinski definition) is 2. The lowest BCUT2D eigenvalue weighted by Gasteiger charge is -2.24. The van der Waals surface area contributed by atoms with E-state index in [0.717, 1.165) is 4.47 Å². The molecule has 1 aliphatic rings. The average Bonchev–Trinajstić information content (AvgIpc) is 2.67. The summed E-state index contributed by atoms with van der Waals surface area (Å²) in [6.07, 6.45) is 3.81. The third-order valence-electron chi connectivity index (χ3n) is 3.92. The van der Waals surface area contributed by atoms with Crippen molar-refractivity contribution in [3.63, 3.8) is 0 Å². The molecule has 2 rings (SSSR count). The van der Waals surface area contributed by atoms with Crippen LogP contribution in [0.5, 0.6) is 0 Å². The maximum Gasteiger partial charge on any atom is 0.0457 e. The van der Waals surface area contributed by atoms with Crippen LogP contribution >= 0.6 is 15.9 Å². The first-order chi connectivity index (χ1) is 8.52. The Kier molecular flexibility index (Phi) is 4.46. The number of benzene rings is 1. The van der Waals surface area contributed by atoms with E-state index in [2.05, 4.69) is 53.3 Å². The molecule has 1 saturated carbocycles. The number of halogens is 1. The van der Waals surface area contributed by atoms with Crippen molar-refractivity contribution in [1.29, 1.82) is 0 Å². The third kappa shape index (κ3) is 3.34. The summed E-state index contributed by atoms with van der Waals surface area (Å²) in [7, 11) is 0. The van der Waals surface area contributed by atoms with E-state index in [4.69, 9.17) is 5.73 Å². The Balaban J connectivity index is 2.05. The molecule has 0 radical (unpaired) electrons. The molecule has 2 unspecified atom stereocenters. The Morgan fingerprint density at radius 1 is 1.44 bits per heavy atom. The van der Waals surface area contributed by atoms with Gasteiger partial charge in [0.2, 0.25) is 0 Å². The first-order valence-electron chi connectivity index (χ1n) is 6.72. The van der Waals surface area contributed by atoms with Crippen molar-refractivity contribution in [1.82, 2.24) is 5.32 Å². The fourth-order valence-electron chi connectivity index (χ4n) is 2.91. The second-order valence-electron chi connectivity index (χ2n) is 6.08. The van der Waals surface area contributed by atoms with E-state index in [1.54, 1.807) is 0 Å². The molecule has 18 heavy (non-hydrogen) atoms. The summed E-state index contributed by atoms with van der Waals surface area (Å²) in [5.74, 6) is 0. The van der Waals surface area contributed by atoms with E-state index in [9.17, 15) is 0 Å². The van der Waals surface area contributed by atoms with Gasteiger partial charge in [-0.25, -0.2) is 0 Å². The van der Waals surface area contributed by atoms with Gasteiger partial charge in [-0.2, -0.15) is 0 Å². The van der Waals surface area contributed by atoms with Gasteiger partial charge in [0.05, 0.1) is 0 Å². The van der Waals surface area contributed by atoms with Crippen molar-refractivity contribution in [2.75, 3.05) is 6.54 Å². The van der Waals surface area contributed by atoms with Crippen LogP contribution in [0.2, 0.25) is 0 Å². The molecule has 0 amide bonds. The molecule has 1 aliphatic carbocycles. The van der Waals surface area contributed by atoms with Gasteiger partial charge in [0.1, 0.15) is 0 Å². The summed E-state index contributed by atoms with van der Waals surface area (Å²) in [5, 5.41) is 3.72. The molecule has 0 bridgehead atoms. The van der Waals surface area contributed by atoms with Crippen LogP contribution < -0.4 is 11.1 Å². The van der Waals surface area contributed by atoms with E-state index in [1.165, 1.54) is 24.8 Å². The smallest absolute Gasteiger partial charge is 0.0457 e. The van der Waals surface area contributed by atoms with Crippen molar-refractivity contribution in [3.8, 4) is 0 Å². The Hall–Kier alpha value is -0.380. The van der Waals surface area contributed by atoms with Crippen molar-refractivity contribution >= 4 is 15.9 Å². The molecule has 1 aromatic rings. The lowest BCUT2D eigenvalue weighted by Crippen LogP contribution is -2.35. The summed E-state index contributed by atoms with van der Waals surface area (Å²) in [5.41, 5.74) is 7.68. The zero-order valence-corrected chi connectivity index (χ0v) is 12.8. The minimum absolute atomic E-state index is 0.250. The minimum Gasteiger partial charge on any atom is -0.329 e. The number of nitrogens with two attached hydrogens (primary N) is 1. The summed E-state index contributed by atoms with van der Waals surface area (Å²) < 4.78 is 1.14. The van der Waals surface area contributed by atoms with E-state index in [-0.39, 0.29) is 6.04 Å². The van der Waals surface area contributed by atoms with Gasteiger partial charge in [0, 0.05) is 23.1 Å². The summed E-state index contributed by atoms with van der Waals surface area (Å²) in [6, 6.07) is 9.19. The van der Waals surface area contributed by atoms with E-state index >= 15 is 0 Å². The van der Waals surface area contributed by atoms with Crippen molar-refractivity contribution in [2.24, 2.45) is 11.1 Å². The maximum atomic E-state index is 5.94. The largest absolute Gasteiger partial charge is 0.329 e. The van der Waals surface area contributed by atoms with Crippen LogP contribution in [0.4, 0.5) is 0 Å². The van der Waals surface area contributed by atoms with Gasteiger partial charge in [-0.1, -0.05) is 48.0 Å². The average molecular weight is 311 g/mol.